The maximum atomic E-state index is 6.23. The van der Waals surface area contributed by atoms with Crippen molar-refractivity contribution in [1.29, 1.82) is 0 Å². The lowest BCUT2D eigenvalue weighted by Gasteiger charge is -2.37. The third-order valence-corrected chi connectivity index (χ3v) is 4.26. The normalized spacial score (nSPS) is 29.0. The van der Waals surface area contributed by atoms with Crippen LogP contribution < -0.4 is 10.5 Å². The zero-order chi connectivity index (χ0) is 14.7. The van der Waals surface area contributed by atoms with Gasteiger partial charge in [-0.1, -0.05) is 0 Å². The van der Waals surface area contributed by atoms with Crippen LogP contribution in [0.1, 0.15) is 30.7 Å². The van der Waals surface area contributed by atoms with Crippen molar-refractivity contribution < 1.29 is 14.2 Å². The van der Waals surface area contributed by atoms with Gasteiger partial charge in [-0.2, -0.15) is 0 Å². The first kappa shape index (κ1) is 14.8. The number of nitrogens with zero attached hydrogens (tertiary/aromatic N) is 1. The topological polar surface area (TPSA) is 66.6 Å². The molecule has 2 N–H and O–H groups in total. The molecule has 0 bridgehead atoms. The van der Waals surface area contributed by atoms with Crippen molar-refractivity contribution in [1.82, 2.24) is 4.98 Å². The Morgan fingerprint density at radius 1 is 1.43 bits per heavy atom. The van der Waals surface area contributed by atoms with Gasteiger partial charge in [0.2, 0.25) is 0 Å². The average molecular weight is 292 g/mol. The Hall–Kier alpha value is -1.17. The number of rotatable bonds is 4. The van der Waals surface area contributed by atoms with Crippen LogP contribution in [0.5, 0.6) is 5.75 Å². The third kappa shape index (κ3) is 3.36. The lowest BCUT2D eigenvalue weighted by atomic mass is 9.91. The summed E-state index contributed by atoms with van der Waals surface area (Å²) in [5, 5.41) is 0. The predicted molar refractivity (Wildman–Crippen MR) is 79.5 cm³/mol. The van der Waals surface area contributed by atoms with E-state index in [-0.39, 0.29) is 11.7 Å². The van der Waals surface area contributed by atoms with Crippen LogP contribution >= 0.6 is 0 Å². The van der Waals surface area contributed by atoms with Crippen molar-refractivity contribution in [3.63, 3.8) is 0 Å². The van der Waals surface area contributed by atoms with Crippen LogP contribution in [0.4, 0.5) is 0 Å². The standard InChI is InChI=1S/C16H24N2O3/c1-12-2-3-15(14(18-12)4-7-17)21-13-5-8-20-16(10-13)6-9-19-11-16/h2-3,13H,4-11,17H2,1H3. The molecule has 2 fully saturated rings. The number of hydrogen-bond acceptors (Lipinski definition) is 5. The Morgan fingerprint density at radius 3 is 3.10 bits per heavy atom. The van der Waals surface area contributed by atoms with Gasteiger partial charge in [0.25, 0.3) is 0 Å². The molecule has 1 aromatic rings. The van der Waals surface area contributed by atoms with E-state index in [0.29, 0.717) is 13.2 Å². The Kier molecular flexibility index (Phi) is 4.42. The van der Waals surface area contributed by atoms with E-state index in [1.54, 1.807) is 0 Å². The van der Waals surface area contributed by atoms with Gasteiger partial charge in [0.1, 0.15) is 11.9 Å². The van der Waals surface area contributed by atoms with E-state index in [0.717, 1.165) is 56.0 Å². The summed E-state index contributed by atoms with van der Waals surface area (Å²) in [6, 6.07) is 4.00. The Bertz CT molecular complexity index is 486. The second kappa shape index (κ2) is 6.30. The maximum absolute atomic E-state index is 6.23. The zero-order valence-electron chi connectivity index (χ0n) is 12.6. The van der Waals surface area contributed by atoms with Gasteiger partial charge in [0, 0.05) is 38.0 Å². The van der Waals surface area contributed by atoms with Gasteiger partial charge in [-0.15, -0.1) is 0 Å². The lowest BCUT2D eigenvalue weighted by Crippen LogP contribution is -2.44. The quantitative estimate of drug-likeness (QED) is 0.913. The van der Waals surface area contributed by atoms with Gasteiger partial charge in [-0.3, -0.25) is 4.98 Å². The molecule has 0 aliphatic carbocycles. The molecular formula is C16H24N2O3. The highest BCUT2D eigenvalue weighted by atomic mass is 16.6. The molecular weight excluding hydrogens is 268 g/mol. The number of ether oxygens (including phenoxy) is 3. The molecule has 0 saturated carbocycles. The fourth-order valence-electron chi connectivity index (χ4n) is 3.15. The number of hydrogen-bond donors (Lipinski definition) is 1. The van der Waals surface area contributed by atoms with E-state index in [2.05, 4.69) is 4.98 Å². The summed E-state index contributed by atoms with van der Waals surface area (Å²) in [5.74, 6) is 0.868. The van der Waals surface area contributed by atoms with Crippen LogP contribution in [0.3, 0.4) is 0 Å². The highest BCUT2D eigenvalue weighted by molar-refractivity contribution is 5.30. The molecule has 0 radical (unpaired) electrons. The molecule has 116 valence electrons. The van der Waals surface area contributed by atoms with Crippen LogP contribution in [0, 0.1) is 6.92 Å². The summed E-state index contributed by atoms with van der Waals surface area (Å²) in [6.07, 6.45) is 3.69. The van der Waals surface area contributed by atoms with Crippen LogP contribution in [-0.2, 0) is 15.9 Å². The molecule has 3 rings (SSSR count). The molecule has 2 atom stereocenters. The van der Waals surface area contributed by atoms with Crippen molar-refractivity contribution in [3.05, 3.63) is 23.5 Å². The maximum Gasteiger partial charge on any atom is 0.141 e. The summed E-state index contributed by atoms with van der Waals surface area (Å²) in [5.41, 5.74) is 7.50. The minimum Gasteiger partial charge on any atom is -0.488 e. The molecule has 1 aromatic heterocycles. The van der Waals surface area contributed by atoms with Crippen molar-refractivity contribution >= 4 is 0 Å². The van der Waals surface area contributed by atoms with Crippen molar-refractivity contribution in [2.45, 2.75) is 44.3 Å². The van der Waals surface area contributed by atoms with Crippen molar-refractivity contribution in [2.75, 3.05) is 26.4 Å². The third-order valence-electron chi connectivity index (χ3n) is 4.26. The Balaban J connectivity index is 1.71. The van der Waals surface area contributed by atoms with Gasteiger partial charge in [-0.05, 0) is 25.6 Å². The fourth-order valence-corrected chi connectivity index (χ4v) is 3.15. The molecule has 2 saturated heterocycles. The van der Waals surface area contributed by atoms with Gasteiger partial charge in [-0.25, -0.2) is 0 Å². The highest BCUT2D eigenvalue weighted by Crippen LogP contribution is 2.35. The molecule has 5 nitrogen and oxygen atoms in total. The number of aryl methyl sites for hydroxylation is 1. The molecule has 5 heteroatoms. The molecule has 2 unspecified atom stereocenters. The minimum absolute atomic E-state index is 0.130. The van der Waals surface area contributed by atoms with E-state index in [1.165, 1.54) is 0 Å². The van der Waals surface area contributed by atoms with Gasteiger partial charge in [0.05, 0.1) is 24.5 Å². The Labute approximate surface area is 125 Å². The predicted octanol–water partition coefficient (Wildman–Crippen LogP) is 1.61. The summed E-state index contributed by atoms with van der Waals surface area (Å²) in [6.45, 7) is 4.78. The van der Waals surface area contributed by atoms with E-state index in [1.807, 2.05) is 19.1 Å². The second-order valence-corrected chi connectivity index (χ2v) is 6.00. The number of nitrogens with two attached hydrogens (primary N) is 1. The monoisotopic (exact) mass is 292 g/mol. The summed E-state index contributed by atoms with van der Waals surface area (Å²) >= 11 is 0. The lowest BCUT2D eigenvalue weighted by molar-refractivity contribution is -0.112. The van der Waals surface area contributed by atoms with E-state index in [9.17, 15) is 0 Å². The minimum atomic E-state index is -0.130. The van der Waals surface area contributed by atoms with E-state index in [4.69, 9.17) is 19.9 Å². The summed E-state index contributed by atoms with van der Waals surface area (Å²) in [4.78, 5) is 4.56. The van der Waals surface area contributed by atoms with Crippen molar-refractivity contribution in [3.8, 4) is 5.75 Å². The summed E-state index contributed by atoms with van der Waals surface area (Å²) in [7, 11) is 0. The molecule has 2 aliphatic heterocycles. The molecule has 1 spiro atoms. The first-order valence-electron chi connectivity index (χ1n) is 7.76. The van der Waals surface area contributed by atoms with Gasteiger partial charge in [0.15, 0.2) is 0 Å². The second-order valence-electron chi connectivity index (χ2n) is 6.00. The van der Waals surface area contributed by atoms with Crippen LogP contribution in [0.25, 0.3) is 0 Å². The number of aromatic nitrogens is 1. The average Bonchev–Trinajstić information content (AvgIpc) is 2.90. The van der Waals surface area contributed by atoms with E-state index >= 15 is 0 Å². The Morgan fingerprint density at radius 2 is 2.33 bits per heavy atom. The largest absolute Gasteiger partial charge is 0.488 e. The van der Waals surface area contributed by atoms with Crippen LogP contribution in [-0.4, -0.2) is 43.1 Å². The first-order valence-corrected chi connectivity index (χ1v) is 7.76. The zero-order valence-corrected chi connectivity index (χ0v) is 12.6. The van der Waals surface area contributed by atoms with Crippen LogP contribution in [0.15, 0.2) is 12.1 Å². The fraction of sp³-hybridized carbons (Fsp3) is 0.688. The van der Waals surface area contributed by atoms with Crippen molar-refractivity contribution in [2.24, 2.45) is 5.73 Å². The highest BCUT2D eigenvalue weighted by Gasteiger charge is 2.41. The molecule has 21 heavy (non-hydrogen) atoms. The first-order chi connectivity index (χ1) is 10.2. The molecule has 0 amide bonds. The molecule has 0 aromatic carbocycles. The van der Waals surface area contributed by atoms with Gasteiger partial charge < -0.3 is 19.9 Å². The van der Waals surface area contributed by atoms with Crippen LogP contribution in [0.2, 0.25) is 0 Å². The summed E-state index contributed by atoms with van der Waals surface area (Å²) < 4.78 is 17.7. The smallest absolute Gasteiger partial charge is 0.141 e. The van der Waals surface area contributed by atoms with E-state index < -0.39 is 0 Å². The SMILES string of the molecule is Cc1ccc(OC2CCOC3(CCOC3)C2)c(CCN)n1. The van der Waals surface area contributed by atoms with Gasteiger partial charge >= 0.3 is 0 Å². The molecule has 3 heterocycles. The number of pyridine rings is 1. The molecule has 2 aliphatic rings.